The Balaban J connectivity index is 2.47. The summed E-state index contributed by atoms with van der Waals surface area (Å²) in [5, 5.41) is 9.78. The molecule has 0 amide bonds. The van der Waals surface area contributed by atoms with E-state index < -0.39 is 0 Å². The fourth-order valence-corrected chi connectivity index (χ4v) is 1.54. The lowest BCUT2D eigenvalue weighted by atomic mass is 10.0. The lowest BCUT2D eigenvalue weighted by Gasteiger charge is -2.09. The van der Waals surface area contributed by atoms with E-state index >= 15 is 0 Å². The Hall–Kier alpha value is -1.46. The van der Waals surface area contributed by atoms with Gasteiger partial charge in [-0.15, -0.1) is 11.8 Å². The van der Waals surface area contributed by atoms with Crippen molar-refractivity contribution in [3.05, 3.63) is 29.8 Å². The highest BCUT2D eigenvalue weighted by molar-refractivity contribution is 5.28. The standard InChI is InChI=1S/C14H18O2/c1-3-4-5-8-13(15)10-12-7-6-9-14(11-12)16-2/h6-7,9,11,13,15H,5,8,10H2,1-2H3. The van der Waals surface area contributed by atoms with Gasteiger partial charge in [-0.3, -0.25) is 0 Å². The van der Waals surface area contributed by atoms with E-state index in [4.69, 9.17) is 4.74 Å². The van der Waals surface area contributed by atoms with Crippen LogP contribution in [0, 0.1) is 11.8 Å². The molecule has 1 aromatic carbocycles. The van der Waals surface area contributed by atoms with Gasteiger partial charge in [0.2, 0.25) is 0 Å². The fraction of sp³-hybridized carbons (Fsp3) is 0.429. The zero-order valence-electron chi connectivity index (χ0n) is 9.86. The number of aliphatic hydroxyl groups is 1. The van der Waals surface area contributed by atoms with Crippen LogP contribution in [0.4, 0.5) is 0 Å². The van der Waals surface area contributed by atoms with Crippen LogP contribution in [0.3, 0.4) is 0 Å². The van der Waals surface area contributed by atoms with E-state index in [9.17, 15) is 5.11 Å². The monoisotopic (exact) mass is 218 g/mol. The second-order valence-corrected chi connectivity index (χ2v) is 3.67. The summed E-state index contributed by atoms with van der Waals surface area (Å²) in [5.74, 6) is 6.61. The second kappa shape index (κ2) is 6.92. The molecule has 0 saturated heterocycles. The molecule has 1 aromatic rings. The maximum atomic E-state index is 9.78. The topological polar surface area (TPSA) is 29.5 Å². The Morgan fingerprint density at radius 1 is 1.44 bits per heavy atom. The summed E-state index contributed by atoms with van der Waals surface area (Å²) in [7, 11) is 1.65. The molecular weight excluding hydrogens is 200 g/mol. The molecule has 1 unspecified atom stereocenters. The first-order valence-electron chi connectivity index (χ1n) is 5.47. The highest BCUT2D eigenvalue weighted by atomic mass is 16.5. The third kappa shape index (κ3) is 4.37. The summed E-state index contributed by atoms with van der Waals surface area (Å²) in [6.45, 7) is 1.81. The lowest BCUT2D eigenvalue weighted by molar-refractivity contribution is 0.166. The minimum Gasteiger partial charge on any atom is -0.497 e. The smallest absolute Gasteiger partial charge is 0.119 e. The Morgan fingerprint density at radius 3 is 2.94 bits per heavy atom. The highest BCUT2D eigenvalue weighted by Gasteiger charge is 2.05. The van der Waals surface area contributed by atoms with Crippen molar-refractivity contribution in [1.29, 1.82) is 0 Å². The maximum Gasteiger partial charge on any atom is 0.119 e. The molecule has 0 aliphatic carbocycles. The molecule has 0 radical (unpaired) electrons. The van der Waals surface area contributed by atoms with Crippen molar-refractivity contribution < 1.29 is 9.84 Å². The summed E-state index contributed by atoms with van der Waals surface area (Å²) in [5.41, 5.74) is 1.09. The molecule has 2 nitrogen and oxygen atoms in total. The van der Waals surface area contributed by atoms with E-state index in [2.05, 4.69) is 11.8 Å². The third-order valence-electron chi connectivity index (χ3n) is 2.38. The number of aliphatic hydroxyl groups excluding tert-OH is 1. The van der Waals surface area contributed by atoms with Gasteiger partial charge in [0.15, 0.2) is 0 Å². The first kappa shape index (κ1) is 12.6. The number of hydrogen-bond donors (Lipinski definition) is 1. The SMILES string of the molecule is CC#CCCC(O)Cc1cccc(OC)c1. The minimum absolute atomic E-state index is 0.326. The van der Waals surface area contributed by atoms with Gasteiger partial charge in [0.25, 0.3) is 0 Å². The van der Waals surface area contributed by atoms with E-state index in [1.807, 2.05) is 31.2 Å². The highest BCUT2D eigenvalue weighted by Crippen LogP contribution is 2.15. The molecule has 0 aromatic heterocycles. The number of methoxy groups -OCH3 is 1. The lowest BCUT2D eigenvalue weighted by Crippen LogP contribution is -2.09. The molecule has 1 N–H and O–H groups in total. The molecule has 0 spiro atoms. The van der Waals surface area contributed by atoms with Gasteiger partial charge in [-0.1, -0.05) is 12.1 Å². The van der Waals surface area contributed by atoms with Crippen LogP contribution in [-0.2, 0) is 6.42 Å². The molecule has 0 fully saturated rings. The van der Waals surface area contributed by atoms with Gasteiger partial charge in [-0.25, -0.2) is 0 Å². The van der Waals surface area contributed by atoms with Crippen molar-refractivity contribution in [2.75, 3.05) is 7.11 Å². The number of hydrogen-bond acceptors (Lipinski definition) is 2. The molecule has 2 heteroatoms. The van der Waals surface area contributed by atoms with E-state index in [1.54, 1.807) is 7.11 Å². The molecule has 0 aliphatic heterocycles. The van der Waals surface area contributed by atoms with Gasteiger partial charge in [0.1, 0.15) is 5.75 Å². The Kier molecular flexibility index (Phi) is 5.45. The van der Waals surface area contributed by atoms with Crippen molar-refractivity contribution in [3.63, 3.8) is 0 Å². The van der Waals surface area contributed by atoms with E-state index in [0.29, 0.717) is 6.42 Å². The average Bonchev–Trinajstić information content (AvgIpc) is 2.29. The Bertz CT molecular complexity index is 374. The van der Waals surface area contributed by atoms with Crippen LogP contribution >= 0.6 is 0 Å². The van der Waals surface area contributed by atoms with Crippen molar-refractivity contribution in [3.8, 4) is 17.6 Å². The molecule has 1 rings (SSSR count). The van der Waals surface area contributed by atoms with Gasteiger partial charge >= 0.3 is 0 Å². The van der Waals surface area contributed by atoms with E-state index in [-0.39, 0.29) is 6.10 Å². The summed E-state index contributed by atoms with van der Waals surface area (Å²) in [6.07, 6.45) is 1.80. The second-order valence-electron chi connectivity index (χ2n) is 3.67. The van der Waals surface area contributed by atoms with E-state index in [1.165, 1.54) is 0 Å². The van der Waals surface area contributed by atoms with Crippen molar-refractivity contribution in [2.45, 2.75) is 32.3 Å². The zero-order chi connectivity index (χ0) is 11.8. The van der Waals surface area contributed by atoms with Gasteiger partial charge < -0.3 is 9.84 Å². The molecule has 0 bridgehead atoms. The number of ether oxygens (including phenoxy) is 1. The Morgan fingerprint density at radius 2 is 2.25 bits per heavy atom. The van der Waals surface area contributed by atoms with Crippen LogP contribution in [0.2, 0.25) is 0 Å². The third-order valence-corrected chi connectivity index (χ3v) is 2.38. The summed E-state index contributed by atoms with van der Waals surface area (Å²) < 4.78 is 5.13. The quantitative estimate of drug-likeness (QED) is 0.769. The van der Waals surface area contributed by atoms with Crippen LogP contribution in [0.5, 0.6) is 5.75 Å². The predicted octanol–water partition coefficient (Wildman–Crippen LogP) is 2.40. The molecule has 1 atom stereocenters. The molecule has 86 valence electrons. The maximum absolute atomic E-state index is 9.78. The van der Waals surface area contributed by atoms with Crippen LogP contribution in [0.25, 0.3) is 0 Å². The van der Waals surface area contributed by atoms with Gasteiger partial charge in [0.05, 0.1) is 13.2 Å². The van der Waals surface area contributed by atoms with Crippen LogP contribution < -0.4 is 4.74 Å². The number of benzene rings is 1. The molecule has 0 aliphatic rings. The van der Waals surface area contributed by atoms with Gasteiger partial charge in [-0.2, -0.15) is 0 Å². The molecular formula is C14H18O2. The normalized spacial score (nSPS) is 11.4. The van der Waals surface area contributed by atoms with E-state index in [0.717, 1.165) is 24.2 Å². The Labute approximate surface area is 97.3 Å². The summed E-state index contributed by atoms with van der Waals surface area (Å²) in [4.78, 5) is 0. The van der Waals surface area contributed by atoms with Crippen LogP contribution in [0.1, 0.15) is 25.3 Å². The summed E-state index contributed by atoms with van der Waals surface area (Å²) in [6, 6.07) is 7.79. The van der Waals surface area contributed by atoms with Crippen molar-refractivity contribution in [1.82, 2.24) is 0 Å². The first-order chi connectivity index (χ1) is 7.76. The molecule has 0 heterocycles. The average molecular weight is 218 g/mol. The largest absolute Gasteiger partial charge is 0.497 e. The van der Waals surface area contributed by atoms with Crippen LogP contribution in [-0.4, -0.2) is 18.3 Å². The molecule has 16 heavy (non-hydrogen) atoms. The van der Waals surface area contributed by atoms with Gasteiger partial charge in [0, 0.05) is 6.42 Å². The molecule has 0 saturated carbocycles. The fourth-order valence-electron chi connectivity index (χ4n) is 1.54. The summed E-state index contributed by atoms with van der Waals surface area (Å²) >= 11 is 0. The first-order valence-corrected chi connectivity index (χ1v) is 5.47. The van der Waals surface area contributed by atoms with Crippen molar-refractivity contribution >= 4 is 0 Å². The zero-order valence-corrected chi connectivity index (χ0v) is 9.86. The predicted molar refractivity (Wildman–Crippen MR) is 65.4 cm³/mol. The van der Waals surface area contributed by atoms with Crippen molar-refractivity contribution in [2.24, 2.45) is 0 Å². The van der Waals surface area contributed by atoms with Gasteiger partial charge in [-0.05, 0) is 37.5 Å². The van der Waals surface area contributed by atoms with Crippen LogP contribution in [0.15, 0.2) is 24.3 Å². The number of rotatable bonds is 5. The minimum atomic E-state index is -0.326.